The zero-order valence-corrected chi connectivity index (χ0v) is 11.4. The highest BCUT2D eigenvalue weighted by Gasteiger charge is 2.04. The highest BCUT2D eigenvalue weighted by molar-refractivity contribution is 9.10. The van der Waals surface area contributed by atoms with E-state index in [9.17, 15) is 4.39 Å². The maximum atomic E-state index is 13.0. The maximum absolute atomic E-state index is 13.0. The van der Waals surface area contributed by atoms with Gasteiger partial charge in [0.05, 0.1) is 0 Å². The van der Waals surface area contributed by atoms with Crippen LogP contribution in [0.4, 0.5) is 4.39 Å². The van der Waals surface area contributed by atoms with Crippen LogP contribution >= 0.6 is 15.9 Å². The number of rotatable bonds is 2. The molecule has 4 heteroatoms. The lowest BCUT2D eigenvalue weighted by atomic mass is 10.2. The van der Waals surface area contributed by atoms with Crippen molar-refractivity contribution in [2.75, 3.05) is 0 Å². The van der Waals surface area contributed by atoms with Crippen molar-refractivity contribution >= 4 is 39.2 Å². The highest BCUT2D eigenvalue weighted by Crippen LogP contribution is 2.21. The fourth-order valence-electron chi connectivity index (χ4n) is 1.76. The summed E-state index contributed by atoms with van der Waals surface area (Å²) >= 11 is 3.46. The molecule has 0 saturated carbocycles. The van der Waals surface area contributed by atoms with Gasteiger partial charge in [0.15, 0.2) is 5.58 Å². The van der Waals surface area contributed by atoms with Crippen LogP contribution in [0.1, 0.15) is 11.5 Å². The van der Waals surface area contributed by atoms with E-state index in [1.807, 2.05) is 30.3 Å². The second kappa shape index (κ2) is 4.97. The van der Waals surface area contributed by atoms with Gasteiger partial charge in [-0.1, -0.05) is 34.1 Å². The van der Waals surface area contributed by atoms with Crippen LogP contribution in [-0.2, 0) is 0 Å². The van der Waals surface area contributed by atoms with Crippen molar-refractivity contribution in [1.82, 2.24) is 4.98 Å². The fraction of sp³-hybridized carbons (Fsp3) is 0. The third-order valence-electron chi connectivity index (χ3n) is 2.68. The lowest BCUT2D eigenvalue weighted by Gasteiger charge is -1.95. The SMILES string of the molecule is Fc1ccc2oc(/C=C/c3ccccc3Br)nc2c1. The molecule has 0 radical (unpaired) electrons. The third-order valence-corrected chi connectivity index (χ3v) is 3.40. The van der Waals surface area contributed by atoms with Gasteiger partial charge in [-0.05, 0) is 29.8 Å². The van der Waals surface area contributed by atoms with Crippen LogP contribution < -0.4 is 0 Å². The van der Waals surface area contributed by atoms with E-state index in [0.717, 1.165) is 10.0 Å². The molecule has 19 heavy (non-hydrogen) atoms. The third kappa shape index (κ3) is 2.58. The van der Waals surface area contributed by atoms with E-state index in [1.54, 1.807) is 12.1 Å². The molecule has 2 nitrogen and oxygen atoms in total. The molecule has 0 aliphatic carbocycles. The Morgan fingerprint density at radius 3 is 2.79 bits per heavy atom. The van der Waals surface area contributed by atoms with Crippen LogP contribution in [0.5, 0.6) is 0 Å². The van der Waals surface area contributed by atoms with Gasteiger partial charge in [-0.25, -0.2) is 9.37 Å². The first-order valence-electron chi connectivity index (χ1n) is 5.71. The molecule has 0 aliphatic rings. The number of nitrogens with zero attached hydrogens (tertiary/aromatic N) is 1. The molecule has 2 aromatic carbocycles. The van der Waals surface area contributed by atoms with Crippen molar-refractivity contribution in [3.05, 3.63) is 64.2 Å². The second-order valence-electron chi connectivity index (χ2n) is 4.02. The summed E-state index contributed by atoms with van der Waals surface area (Å²) in [6, 6.07) is 12.1. The van der Waals surface area contributed by atoms with Crippen molar-refractivity contribution in [3.63, 3.8) is 0 Å². The molecule has 0 unspecified atom stereocenters. The minimum atomic E-state index is -0.317. The molecule has 0 aliphatic heterocycles. The van der Waals surface area contributed by atoms with Gasteiger partial charge in [0.1, 0.15) is 11.3 Å². The summed E-state index contributed by atoms with van der Waals surface area (Å²) in [4.78, 5) is 4.21. The Bertz CT molecular complexity index is 764. The summed E-state index contributed by atoms with van der Waals surface area (Å²) in [6.45, 7) is 0. The molecule has 1 aromatic heterocycles. The molecule has 0 fully saturated rings. The van der Waals surface area contributed by atoms with Crippen molar-refractivity contribution in [2.45, 2.75) is 0 Å². The molecular weight excluding hydrogens is 309 g/mol. The van der Waals surface area contributed by atoms with Gasteiger partial charge in [-0.2, -0.15) is 0 Å². The lowest BCUT2D eigenvalue weighted by molar-refractivity contribution is 0.588. The molecule has 0 bridgehead atoms. The van der Waals surface area contributed by atoms with E-state index in [2.05, 4.69) is 20.9 Å². The molecule has 94 valence electrons. The molecule has 3 rings (SSSR count). The van der Waals surface area contributed by atoms with Crippen LogP contribution in [0.25, 0.3) is 23.3 Å². The highest BCUT2D eigenvalue weighted by atomic mass is 79.9. The van der Waals surface area contributed by atoms with Crippen LogP contribution in [0.2, 0.25) is 0 Å². The number of oxazole rings is 1. The van der Waals surface area contributed by atoms with E-state index >= 15 is 0 Å². The van der Waals surface area contributed by atoms with E-state index in [0.29, 0.717) is 17.0 Å². The van der Waals surface area contributed by atoms with Gasteiger partial charge >= 0.3 is 0 Å². The second-order valence-corrected chi connectivity index (χ2v) is 4.87. The zero-order valence-electron chi connectivity index (χ0n) is 9.81. The van der Waals surface area contributed by atoms with E-state index in [4.69, 9.17) is 4.42 Å². The first kappa shape index (κ1) is 12.1. The molecule has 1 heterocycles. The van der Waals surface area contributed by atoms with Gasteiger partial charge < -0.3 is 4.42 Å². The van der Waals surface area contributed by atoms with Crippen molar-refractivity contribution in [3.8, 4) is 0 Å². The van der Waals surface area contributed by atoms with Gasteiger partial charge in [0, 0.05) is 16.6 Å². The van der Waals surface area contributed by atoms with Crippen molar-refractivity contribution in [2.24, 2.45) is 0 Å². The molecule has 0 atom stereocenters. The Balaban J connectivity index is 1.95. The van der Waals surface area contributed by atoms with Crippen molar-refractivity contribution in [1.29, 1.82) is 0 Å². The number of hydrogen-bond acceptors (Lipinski definition) is 2. The predicted octanol–water partition coefficient (Wildman–Crippen LogP) is 4.90. The van der Waals surface area contributed by atoms with Crippen molar-refractivity contribution < 1.29 is 8.81 Å². The fourth-order valence-corrected chi connectivity index (χ4v) is 2.18. The Kier molecular flexibility index (Phi) is 3.17. The molecule has 0 saturated heterocycles. The minimum absolute atomic E-state index is 0.317. The Labute approximate surface area is 117 Å². The summed E-state index contributed by atoms with van der Waals surface area (Å²) in [5.74, 6) is 0.137. The van der Waals surface area contributed by atoms with E-state index < -0.39 is 0 Å². The minimum Gasteiger partial charge on any atom is -0.437 e. The van der Waals surface area contributed by atoms with Crippen LogP contribution in [0, 0.1) is 5.82 Å². The molecule has 0 spiro atoms. The van der Waals surface area contributed by atoms with Gasteiger partial charge in [0.25, 0.3) is 0 Å². The average molecular weight is 318 g/mol. The first-order valence-corrected chi connectivity index (χ1v) is 6.50. The Morgan fingerprint density at radius 1 is 1.11 bits per heavy atom. The molecule has 0 N–H and O–H groups in total. The smallest absolute Gasteiger partial charge is 0.220 e. The van der Waals surface area contributed by atoms with Gasteiger partial charge in [0.2, 0.25) is 5.89 Å². The number of halogens is 2. The number of hydrogen-bond donors (Lipinski definition) is 0. The monoisotopic (exact) mass is 317 g/mol. The largest absolute Gasteiger partial charge is 0.437 e. The van der Waals surface area contributed by atoms with Crippen LogP contribution in [0.15, 0.2) is 51.4 Å². The van der Waals surface area contributed by atoms with E-state index in [-0.39, 0.29) is 5.82 Å². The molecule has 0 amide bonds. The normalized spacial score (nSPS) is 11.5. The van der Waals surface area contributed by atoms with Gasteiger partial charge in [-0.3, -0.25) is 0 Å². The Morgan fingerprint density at radius 2 is 1.95 bits per heavy atom. The predicted molar refractivity (Wildman–Crippen MR) is 77.0 cm³/mol. The quantitative estimate of drug-likeness (QED) is 0.672. The number of fused-ring (bicyclic) bond motifs is 1. The summed E-state index contributed by atoms with van der Waals surface area (Å²) in [5, 5.41) is 0. The zero-order chi connectivity index (χ0) is 13.2. The summed E-state index contributed by atoms with van der Waals surface area (Å²) in [5.41, 5.74) is 2.12. The molecule has 3 aromatic rings. The summed E-state index contributed by atoms with van der Waals surface area (Å²) in [7, 11) is 0. The summed E-state index contributed by atoms with van der Waals surface area (Å²) in [6.07, 6.45) is 3.66. The van der Waals surface area contributed by atoms with Crippen LogP contribution in [-0.4, -0.2) is 4.98 Å². The Hall–Kier alpha value is -1.94. The molecular formula is C15H9BrFNO. The standard InChI is InChI=1S/C15H9BrFNO/c16-12-4-2-1-3-10(12)5-8-15-18-13-9-11(17)6-7-14(13)19-15/h1-9H/b8-5+. The summed E-state index contributed by atoms with van der Waals surface area (Å²) < 4.78 is 19.5. The number of benzene rings is 2. The lowest BCUT2D eigenvalue weighted by Crippen LogP contribution is -1.75. The number of aromatic nitrogens is 1. The van der Waals surface area contributed by atoms with Gasteiger partial charge in [-0.15, -0.1) is 0 Å². The maximum Gasteiger partial charge on any atom is 0.220 e. The topological polar surface area (TPSA) is 26.0 Å². The van der Waals surface area contributed by atoms with Crippen LogP contribution in [0.3, 0.4) is 0 Å². The average Bonchev–Trinajstić information content (AvgIpc) is 2.79. The van der Waals surface area contributed by atoms with E-state index in [1.165, 1.54) is 12.1 Å². The first-order chi connectivity index (χ1) is 9.22.